The molecule has 0 atom stereocenters. The van der Waals surface area contributed by atoms with Crippen LogP contribution in [0.4, 0.5) is 4.39 Å². The predicted molar refractivity (Wildman–Crippen MR) is 71.9 cm³/mol. The first-order valence-electron chi connectivity index (χ1n) is 5.72. The van der Waals surface area contributed by atoms with Gasteiger partial charge in [0.2, 0.25) is 0 Å². The van der Waals surface area contributed by atoms with Gasteiger partial charge in [0.05, 0.1) is 14.2 Å². The number of ether oxygens (including phenoxy) is 2. The van der Waals surface area contributed by atoms with E-state index >= 15 is 0 Å². The molecule has 2 nitrogen and oxygen atoms in total. The van der Waals surface area contributed by atoms with Gasteiger partial charge < -0.3 is 9.47 Å². The maximum Gasteiger partial charge on any atom is 0.166 e. The van der Waals surface area contributed by atoms with Gasteiger partial charge in [-0.3, -0.25) is 0 Å². The molecule has 0 aliphatic carbocycles. The zero-order chi connectivity index (χ0) is 13.7. The van der Waals surface area contributed by atoms with E-state index in [0.717, 1.165) is 11.3 Å². The van der Waals surface area contributed by atoms with Crippen LogP contribution in [-0.4, -0.2) is 14.2 Å². The molecule has 0 aliphatic rings. The van der Waals surface area contributed by atoms with Crippen molar-refractivity contribution < 1.29 is 13.9 Å². The smallest absolute Gasteiger partial charge is 0.166 e. The maximum absolute atomic E-state index is 13.5. The summed E-state index contributed by atoms with van der Waals surface area (Å²) < 4.78 is 23.4. The molecule has 3 heteroatoms. The first kappa shape index (κ1) is 13.0. The summed E-state index contributed by atoms with van der Waals surface area (Å²) in [5, 5.41) is 0. The molecule has 0 saturated carbocycles. The second kappa shape index (κ2) is 5.92. The van der Waals surface area contributed by atoms with Crippen LogP contribution < -0.4 is 9.47 Å². The van der Waals surface area contributed by atoms with E-state index in [-0.39, 0.29) is 5.75 Å². The van der Waals surface area contributed by atoms with E-state index in [1.807, 2.05) is 24.3 Å². The van der Waals surface area contributed by atoms with Crippen LogP contribution in [0.15, 0.2) is 42.5 Å². The third-order valence-corrected chi connectivity index (χ3v) is 2.59. The molecule has 0 fully saturated rings. The van der Waals surface area contributed by atoms with Gasteiger partial charge in [-0.15, -0.1) is 0 Å². The highest BCUT2D eigenvalue weighted by Crippen LogP contribution is 2.17. The van der Waals surface area contributed by atoms with Gasteiger partial charge in [0, 0.05) is 11.1 Å². The third-order valence-electron chi connectivity index (χ3n) is 2.59. The van der Waals surface area contributed by atoms with Gasteiger partial charge in [-0.1, -0.05) is 11.8 Å². The molecule has 96 valence electrons. The minimum Gasteiger partial charge on any atom is -0.497 e. The Morgan fingerprint density at radius 3 is 2.05 bits per heavy atom. The van der Waals surface area contributed by atoms with Crippen molar-refractivity contribution in [1.29, 1.82) is 0 Å². The second-order valence-electron chi connectivity index (χ2n) is 3.83. The number of hydrogen-bond acceptors (Lipinski definition) is 2. The van der Waals surface area contributed by atoms with Crippen molar-refractivity contribution in [2.75, 3.05) is 14.2 Å². The Bertz CT molecular complexity index is 621. The summed E-state index contributed by atoms with van der Waals surface area (Å²) in [5.41, 5.74) is 1.45. The van der Waals surface area contributed by atoms with Crippen LogP contribution in [0.5, 0.6) is 11.5 Å². The summed E-state index contributed by atoms with van der Waals surface area (Å²) in [6.07, 6.45) is 0. The summed E-state index contributed by atoms with van der Waals surface area (Å²) in [6, 6.07) is 12.0. The van der Waals surface area contributed by atoms with Gasteiger partial charge in [0.25, 0.3) is 0 Å². The highest BCUT2D eigenvalue weighted by molar-refractivity contribution is 5.45. The van der Waals surface area contributed by atoms with Crippen LogP contribution >= 0.6 is 0 Å². The van der Waals surface area contributed by atoms with Gasteiger partial charge in [-0.05, 0) is 42.5 Å². The Kier molecular flexibility index (Phi) is 4.04. The largest absolute Gasteiger partial charge is 0.497 e. The predicted octanol–water partition coefficient (Wildman–Crippen LogP) is 3.24. The Hall–Kier alpha value is -2.47. The fourth-order valence-corrected chi connectivity index (χ4v) is 1.56. The van der Waals surface area contributed by atoms with Crippen molar-refractivity contribution in [3.63, 3.8) is 0 Å². The fourth-order valence-electron chi connectivity index (χ4n) is 1.56. The number of benzene rings is 2. The van der Waals surface area contributed by atoms with Crippen molar-refractivity contribution in [1.82, 2.24) is 0 Å². The van der Waals surface area contributed by atoms with Crippen LogP contribution in [-0.2, 0) is 0 Å². The quantitative estimate of drug-likeness (QED) is 0.768. The SMILES string of the molecule is COc1ccc(C#Cc2ccc(OC)c(F)c2)cc1. The lowest BCUT2D eigenvalue weighted by Crippen LogP contribution is -1.88. The average molecular weight is 256 g/mol. The molecule has 0 radical (unpaired) electrons. The lowest BCUT2D eigenvalue weighted by molar-refractivity contribution is 0.386. The molecule has 0 bridgehead atoms. The average Bonchev–Trinajstić information content (AvgIpc) is 2.46. The molecule has 0 aliphatic heterocycles. The number of rotatable bonds is 2. The Balaban J connectivity index is 2.21. The number of methoxy groups -OCH3 is 2. The molecule has 19 heavy (non-hydrogen) atoms. The molecule has 2 aromatic carbocycles. The zero-order valence-corrected chi connectivity index (χ0v) is 10.7. The summed E-state index contributed by atoms with van der Waals surface area (Å²) in [4.78, 5) is 0. The van der Waals surface area contributed by atoms with Gasteiger partial charge in [-0.25, -0.2) is 4.39 Å². The fraction of sp³-hybridized carbons (Fsp3) is 0.125. The summed E-state index contributed by atoms with van der Waals surface area (Å²) in [6.45, 7) is 0. The Labute approximate surface area is 111 Å². The summed E-state index contributed by atoms with van der Waals surface area (Å²) in [5.74, 6) is 6.45. The van der Waals surface area contributed by atoms with Crippen LogP contribution in [0.3, 0.4) is 0 Å². The Morgan fingerprint density at radius 2 is 1.47 bits per heavy atom. The molecule has 0 amide bonds. The van der Waals surface area contributed by atoms with Crippen LogP contribution in [0, 0.1) is 17.7 Å². The first-order valence-corrected chi connectivity index (χ1v) is 5.72. The van der Waals surface area contributed by atoms with Crippen molar-refractivity contribution in [2.45, 2.75) is 0 Å². The number of halogens is 1. The van der Waals surface area contributed by atoms with E-state index in [0.29, 0.717) is 5.56 Å². The van der Waals surface area contributed by atoms with E-state index < -0.39 is 5.82 Å². The van der Waals surface area contributed by atoms with E-state index in [2.05, 4.69) is 11.8 Å². The molecule has 2 aromatic rings. The lowest BCUT2D eigenvalue weighted by atomic mass is 10.1. The van der Waals surface area contributed by atoms with Crippen molar-refractivity contribution in [2.24, 2.45) is 0 Å². The van der Waals surface area contributed by atoms with E-state index in [1.165, 1.54) is 13.2 Å². The summed E-state index contributed by atoms with van der Waals surface area (Å²) in [7, 11) is 3.04. The third kappa shape index (κ3) is 3.26. The lowest BCUT2D eigenvalue weighted by Gasteiger charge is -2.00. The molecular formula is C16H13FO2. The van der Waals surface area contributed by atoms with Crippen LogP contribution in [0.25, 0.3) is 0 Å². The van der Waals surface area contributed by atoms with Crippen LogP contribution in [0.2, 0.25) is 0 Å². The Morgan fingerprint density at radius 1 is 0.842 bits per heavy atom. The van der Waals surface area contributed by atoms with Crippen molar-refractivity contribution in [3.05, 3.63) is 59.4 Å². The van der Waals surface area contributed by atoms with Crippen molar-refractivity contribution in [3.8, 4) is 23.3 Å². The number of hydrogen-bond donors (Lipinski definition) is 0. The standard InChI is InChI=1S/C16H13FO2/c1-18-14-8-5-12(6-9-14)3-4-13-7-10-16(19-2)15(17)11-13/h5-11H,1-2H3. The molecule has 0 N–H and O–H groups in total. The molecule has 0 heterocycles. The highest BCUT2D eigenvalue weighted by Gasteiger charge is 2.01. The molecule has 0 spiro atoms. The highest BCUT2D eigenvalue weighted by atomic mass is 19.1. The zero-order valence-electron chi connectivity index (χ0n) is 10.7. The van der Waals surface area contributed by atoms with Gasteiger partial charge in [0.15, 0.2) is 11.6 Å². The summed E-state index contributed by atoms with van der Waals surface area (Å²) >= 11 is 0. The minimum atomic E-state index is -0.413. The normalized spacial score (nSPS) is 9.42. The molecule has 0 saturated heterocycles. The monoisotopic (exact) mass is 256 g/mol. The molecule has 2 rings (SSSR count). The van der Waals surface area contributed by atoms with Gasteiger partial charge in [-0.2, -0.15) is 0 Å². The second-order valence-corrected chi connectivity index (χ2v) is 3.83. The maximum atomic E-state index is 13.5. The van der Waals surface area contributed by atoms with Crippen LogP contribution in [0.1, 0.15) is 11.1 Å². The van der Waals surface area contributed by atoms with Gasteiger partial charge >= 0.3 is 0 Å². The topological polar surface area (TPSA) is 18.5 Å². The van der Waals surface area contributed by atoms with Crippen molar-refractivity contribution >= 4 is 0 Å². The van der Waals surface area contributed by atoms with E-state index in [1.54, 1.807) is 19.2 Å². The molecule has 0 aromatic heterocycles. The minimum absolute atomic E-state index is 0.218. The van der Waals surface area contributed by atoms with Gasteiger partial charge in [0.1, 0.15) is 5.75 Å². The van der Waals surface area contributed by atoms with E-state index in [9.17, 15) is 4.39 Å². The molecular weight excluding hydrogens is 243 g/mol. The first-order chi connectivity index (χ1) is 9.22. The van der Waals surface area contributed by atoms with E-state index in [4.69, 9.17) is 9.47 Å². The molecule has 0 unspecified atom stereocenters.